The van der Waals surface area contributed by atoms with Crippen LogP contribution in [0.15, 0.2) is 10.8 Å². The van der Waals surface area contributed by atoms with Gasteiger partial charge in [0.1, 0.15) is 0 Å². The number of carbonyl (C=O) groups excluding carboxylic acids is 1. The fourth-order valence-electron chi connectivity index (χ4n) is 1.54. The Balaban J connectivity index is 1.86. The van der Waals surface area contributed by atoms with Gasteiger partial charge in [0.2, 0.25) is 5.91 Å². The van der Waals surface area contributed by atoms with E-state index in [0.29, 0.717) is 11.7 Å². The van der Waals surface area contributed by atoms with E-state index >= 15 is 0 Å². The normalized spacial score (nSPS) is 10.6. The third kappa shape index (κ3) is 4.38. The number of aromatic nitrogens is 2. The number of amides is 1. The lowest BCUT2D eigenvalue weighted by molar-refractivity contribution is -0.115. The van der Waals surface area contributed by atoms with E-state index in [9.17, 15) is 4.79 Å². The summed E-state index contributed by atoms with van der Waals surface area (Å²) < 4.78 is 0. The molecule has 2 heterocycles. The Bertz CT molecular complexity index is 549. The smallest absolute Gasteiger partial charge is 0.232 e. The highest BCUT2D eigenvalue weighted by molar-refractivity contribution is 7.13. The number of nitrogens with two attached hydrogens (primary N) is 1. The Labute approximate surface area is 119 Å². The van der Waals surface area contributed by atoms with Gasteiger partial charge in [-0.1, -0.05) is 0 Å². The Hall–Kier alpha value is -1.31. The van der Waals surface area contributed by atoms with Crippen molar-refractivity contribution in [2.75, 3.05) is 11.9 Å². The summed E-state index contributed by atoms with van der Waals surface area (Å²) >= 11 is 3.01. The molecule has 3 N–H and O–H groups in total. The number of thiazole rings is 2. The topological polar surface area (TPSA) is 80.9 Å². The largest absolute Gasteiger partial charge is 0.330 e. The van der Waals surface area contributed by atoms with E-state index in [1.165, 1.54) is 11.3 Å². The molecule has 0 aliphatic carbocycles. The molecule has 0 aliphatic rings. The van der Waals surface area contributed by atoms with Crippen LogP contribution in [0, 0.1) is 6.92 Å². The zero-order chi connectivity index (χ0) is 13.7. The maximum Gasteiger partial charge on any atom is 0.232 e. The number of hydrogen-bond donors (Lipinski definition) is 2. The van der Waals surface area contributed by atoms with Crippen molar-refractivity contribution in [2.45, 2.75) is 26.2 Å². The molecule has 0 fully saturated rings. The highest BCUT2D eigenvalue weighted by Crippen LogP contribution is 2.16. The Morgan fingerprint density at radius 2 is 2.21 bits per heavy atom. The zero-order valence-corrected chi connectivity index (χ0v) is 12.3. The van der Waals surface area contributed by atoms with Crippen molar-refractivity contribution in [1.82, 2.24) is 9.97 Å². The molecule has 0 saturated carbocycles. The number of hydrogen-bond acceptors (Lipinski definition) is 6. The minimum absolute atomic E-state index is 0.0787. The molecule has 5 nitrogen and oxygen atoms in total. The molecule has 2 aromatic rings. The molecule has 102 valence electrons. The summed E-state index contributed by atoms with van der Waals surface area (Å²) in [5.41, 5.74) is 7.18. The Kier molecular flexibility index (Phi) is 5.00. The van der Waals surface area contributed by atoms with Gasteiger partial charge in [-0.2, -0.15) is 0 Å². The second-order valence-electron chi connectivity index (χ2n) is 4.14. The molecule has 19 heavy (non-hydrogen) atoms. The summed E-state index contributed by atoms with van der Waals surface area (Å²) in [6.45, 7) is 2.56. The summed E-state index contributed by atoms with van der Waals surface area (Å²) in [5.74, 6) is -0.0787. The van der Waals surface area contributed by atoms with Crippen molar-refractivity contribution < 1.29 is 4.79 Å². The van der Waals surface area contributed by atoms with Crippen LogP contribution in [0.2, 0.25) is 0 Å². The molecule has 0 saturated heterocycles. The van der Waals surface area contributed by atoms with Crippen LogP contribution in [0.25, 0.3) is 0 Å². The Morgan fingerprint density at radius 1 is 1.37 bits per heavy atom. The van der Waals surface area contributed by atoms with Gasteiger partial charge in [-0.05, 0) is 19.9 Å². The van der Waals surface area contributed by atoms with Crippen molar-refractivity contribution in [3.8, 4) is 0 Å². The van der Waals surface area contributed by atoms with Crippen molar-refractivity contribution >= 4 is 33.7 Å². The van der Waals surface area contributed by atoms with Crippen LogP contribution in [0.5, 0.6) is 0 Å². The first-order valence-corrected chi connectivity index (χ1v) is 7.78. The van der Waals surface area contributed by atoms with Crippen LogP contribution in [0.3, 0.4) is 0 Å². The van der Waals surface area contributed by atoms with Crippen molar-refractivity contribution in [3.63, 3.8) is 0 Å². The van der Waals surface area contributed by atoms with E-state index in [-0.39, 0.29) is 12.3 Å². The summed E-state index contributed by atoms with van der Waals surface area (Å²) in [6, 6.07) is 0. The van der Waals surface area contributed by atoms with Crippen LogP contribution >= 0.6 is 22.7 Å². The Morgan fingerprint density at radius 3 is 2.89 bits per heavy atom. The van der Waals surface area contributed by atoms with Crippen LogP contribution in [-0.2, 0) is 17.6 Å². The fraction of sp³-hybridized carbons (Fsp3) is 0.417. The molecule has 0 unspecified atom stereocenters. The van der Waals surface area contributed by atoms with Gasteiger partial charge in [0.05, 0.1) is 22.8 Å². The van der Waals surface area contributed by atoms with Crippen LogP contribution < -0.4 is 11.1 Å². The van der Waals surface area contributed by atoms with Crippen molar-refractivity contribution in [2.24, 2.45) is 5.73 Å². The summed E-state index contributed by atoms with van der Waals surface area (Å²) in [6.07, 6.45) is 2.10. The SMILES string of the molecule is Cc1csc(NC(=O)Cc2csc(CCCN)n2)n1. The lowest BCUT2D eigenvalue weighted by atomic mass is 10.3. The van der Waals surface area contributed by atoms with E-state index in [1.807, 2.05) is 17.7 Å². The molecule has 0 spiro atoms. The number of nitrogens with one attached hydrogen (secondary N) is 1. The first-order valence-electron chi connectivity index (χ1n) is 6.02. The molecule has 0 aliphatic heterocycles. The first kappa shape index (κ1) is 14.1. The predicted molar refractivity (Wildman–Crippen MR) is 78.7 cm³/mol. The molecule has 0 atom stereocenters. The minimum atomic E-state index is -0.0787. The predicted octanol–water partition coefficient (Wildman–Crippen LogP) is 1.98. The number of nitrogens with zero attached hydrogens (tertiary/aromatic N) is 2. The lowest BCUT2D eigenvalue weighted by Crippen LogP contribution is -2.14. The van der Waals surface area contributed by atoms with E-state index in [4.69, 9.17) is 5.73 Å². The van der Waals surface area contributed by atoms with Gasteiger partial charge in [-0.25, -0.2) is 9.97 Å². The number of anilines is 1. The average Bonchev–Trinajstić information content (AvgIpc) is 2.96. The van der Waals surface area contributed by atoms with Crippen LogP contribution in [-0.4, -0.2) is 22.4 Å². The molecule has 7 heteroatoms. The van der Waals surface area contributed by atoms with Gasteiger partial charge < -0.3 is 11.1 Å². The number of carbonyl (C=O) groups is 1. The first-order chi connectivity index (χ1) is 9.17. The zero-order valence-electron chi connectivity index (χ0n) is 10.7. The molecule has 2 rings (SSSR count). The van der Waals surface area contributed by atoms with Gasteiger partial charge in [0.15, 0.2) is 5.13 Å². The highest BCUT2D eigenvalue weighted by Gasteiger charge is 2.09. The summed E-state index contributed by atoms with van der Waals surface area (Å²) in [4.78, 5) is 20.4. The van der Waals surface area contributed by atoms with Gasteiger partial charge >= 0.3 is 0 Å². The quantitative estimate of drug-likeness (QED) is 0.854. The standard InChI is InChI=1S/C12H16N4OS2/c1-8-6-19-12(14-8)16-10(17)5-9-7-18-11(15-9)3-2-4-13/h6-7H,2-5,13H2,1H3,(H,14,16,17). The second-order valence-corrected chi connectivity index (χ2v) is 5.94. The lowest BCUT2D eigenvalue weighted by Gasteiger charge is -1.98. The molecule has 1 amide bonds. The van der Waals surface area contributed by atoms with Crippen molar-refractivity contribution in [1.29, 1.82) is 0 Å². The monoisotopic (exact) mass is 296 g/mol. The van der Waals surface area contributed by atoms with Gasteiger partial charge in [-0.3, -0.25) is 4.79 Å². The average molecular weight is 296 g/mol. The van der Waals surface area contributed by atoms with Gasteiger partial charge in [0.25, 0.3) is 0 Å². The molecule has 2 aromatic heterocycles. The second kappa shape index (κ2) is 6.74. The molecular formula is C12H16N4OS2. The van der Waals surface area contributed by atoms with Gasteiger partial charge in [0, 0.05) is 17.2 Å². The van der Waals surface area contributed by atoms with E-state index in [2.05, 4.69) is 15.3 Å². The third-order valence-electron chi connectivity index (χ3n) is 2.40. The maximum absolute atomic E-state index is 11.8. The molecule has 0 bridgehead atoms. The van der Waals surface area contributed by atoms with Crippen LogP contribution in [0.1, 0.15) is 22.8 Å². The van der Waals surface area contributed by atoms with E-state index in [1.54, 1.807) is 11.3 Å². The fourth-order valence-corrected chi connectivity index (χ4v) is 3.08. The van der Waals surface area contributed by atoms with E-state index < -0.39 is 0 Å². The van der Waals surface area contributed by atoms with E-state index in [0.717, 1.165) is 29.2 Å². The minimum Gasteiger partial charge on any atom is -0.330 e. The number of rotatable bonds is 6. The molecule has 0 radical (unpaired) electrons. The summed E-state index contributed by atoms with van der Waals surface area (Å²) in [5, 5.41) is 8.29. The number of aryl methyl sites for hydroxylation is 2. The maximum atomic E-state index is 11.8. The van der Waals surface area contributed by atoms with Crippen LogP contribution in [0.4, 0.5) is 5.13 Å². The van der Waals surface area contributed by atoms with Crippen molar-refractivity contribution in [3.05, 3.63) is 27.2 Å². The highest BCUT2D eigenvalue weighted by atomic mass is 32.1. The summed E-state index contributed by atoms with van der Waals surface area (Å²) in [7, 11) is 0. The molecule has 0 aromatic carbocycles. The third-order valence-corrected chi connectivity index (χ3v) is 4.23. The molecular weight excluding hydrogens is 280 g/mol. The van der Waals surface area contributed by atoms with Gasteiger partial charge in [-0.15, -0.1) is 22.7 Å².